The molecule has 0 bridgehead atoms. The highest BCUT2D eigenvalue weighted by atomic mass is 16.6. The molecule has 0 atom stereocenters. The summed E-state index contributed by atoms with van der Waals surface area (Å²) in [5, 5.41) is 10.4. The van der Waals surface area contributed by atoms with Crippen molar-refractivity contribution in [2.75, 3.05) is 12.6 Å². The van der Waals surface area contributed by atoms with Gasteiger partial charge in [0.1, 0.15) is 11.0 Å². The Labute approximate surface area is 68.7 Å². The maximum Gasteiger partial charge on any atom is 0.115 e. The van der Waals surface area contributed by atoms with Gasteiger partial charge in [0.15, 0.2) is 0 Å². The number of fused-ring (bicyclic) bond motifs is 1. The summed E-state index contributed by atoms with van der Waals surface area (Å²) in [5.74, 6) is 0. The molecule has 5 nitrogen and oxygen atoms in total. The van der Waals surface area contributed by atoms with Gasteiger partial charge < -0.3 is 0 Å². The molecular weight excluding hydrogens is 156 g/mol. The third-order valence-corrected chi connectivity index (χ3v) is 1.54. The fourth-order valence-electron chi connectivity index (χ4n) is 1.02. The molecule has 0 radical (unpaired) electrons. The Bertz CT molecular complexity index is 384. The van der Waals surface area contributed by atoms with Crippen LogP contribution in [0.1, 0.15) is 0 Å². The number of nitrogens with zero attached hydrogens (tertiary/aromatic N) is 2. The largest absolute Gasteiger partial charge is 0.279 e. The summed E-state index contributed by atoms with van der Waals surface area (Å²) in [6.07, 6.45) is 0. The molecule has 0 aliphatic carbocycles. The number of aromatic amines is 1. The van der Waals surface area contributed by atoms with E-state index in [1.54, 1.807) is 7.11 Å². The van der Waals surface area contributed by atoms with E-state index >= 15 is 0 Å². The minimum absolute atomic E-state index is 0.817. The second-order valence-corrected chi connectivity index (χ2v) is 2.33. The number of benzene rings is 1. The predicted molar refractivity (Wildman–Crippen MR) is 44.5 cm³/mol. The van der Waals surface area contributed by atoms with Crippen LogP contribution in [0.15, 0.2) is 18.2 Å². The molecule has 0 saturated carbocycles. The summed E-state index contributed by atoms with van der Waals surface area (Å²) in [6, 6.07) is 5.58. The van der Waals surface area contributed by atoms with Crippen molar-refractivity contribution >= 4 is 16.7 Å². The van der Waals surface area contributed by atoms with Gasteiger partial charge in [0, 0.05) is 0 Å². The van der Waals surface area contributed by atoms with Gasteiger partial charge >= 0.3 is 0 Å². The normalized spacial score (nSPS) is 10.4. The maximum absolute atomic E-state index is 4.74. The monoisotopic (exact) mass is 164 g/mol. The zero-order chi connectivity index (χ0) is 8.39. The van der Waals surface area contributed by atoms with E-state index in [2.05, 4.69) is 20.9 Å². The molecule has 62 valence electrons. The smallest absolute Gasteiger partial charge is 0.115 e. The van der Waals surface area contributed by atoms with Crippen LogP contribution < -0.4 is 5.48 Å². The summed E-state index contributed by atoms with van der Waals surface area (Å²) >= 11 is 0. The summed E-state index contributed by atoms with van der Waals surface area (Å²) in [6.45, 7) is 0. The fraction of sp³-hybridized carbons (Fsp3) is 0.143. The lowest BCUT2D eigenvalue weighted by molar-refractivity contribution is 0.271. The Morgan fingerprint density at radius 2 is 2.17 bits per heavy atom. The van der Waals surface area contributed by atoms with Crippen molar-refractivity contribution < 1.29 is 4.84 Å². The summed E-state index contributed by atoms with van der Waals surface area (Å²) in [5.41, 5.74) is 5.23. The van der Waals surface area contributed by atoms with Crippen LogP contribution in [0.5, 0.6) is 0 Å². The van der Waals surface area contributed by atoms with Crippen molar-refractivity contribution in [2.45, 2.75) is 0 Å². The van der Waals surface area contributed by atoms with Gasteiger partial charge in [0.05, 0.1) is 12.8 Å². The van der Waals surface area contributed by atoms with Crippen molar-refractivity contribution in [1.82, 2.24) is 15.4 Å². The first-order chi connectivity index (χ1) is 5.90. The maximum atomic E-state index is 4.74. The van der Waals surface area contributed by atoms with Gasteiger partial charge in [-0.15, -0.1) is 0 Å². The lowest BCUT2D eigenvalue weighted by atomic mass is 10.3. The molecule has 2 N–H and O–H groups in total. The molecule has 5 heteroatoms. The first-order valence-electron chi connectivity index (χ1n) is 3.49. The van der Waals surface area contributed by atoms with Gasteiger partial charge in [-0.2, -0.15) is 15.4 Å². The Balaban J connectivity index is 2.46. The van der Waals surface area contributed by atoms with Gasteiger partial charge in [0.25, 0.3) is 0 Å². The van der Waals surface area contributed by atoms with Crippen LogP contribution in [-0.2, 0) is 4.84 Å². The minimum atomic E-state index is 0.817. The summed E-state index contributed by atoms with van der Waals surface area (Å²) in [4.78, 5) is 4.74. The molecule has 0 amide bonds. The Morgan fingerprint density at radius 1 is 1.33 bits per heavy atom. The van der Waals surface area contributed by atoms with Crippen LogP contribution in [-0.4, -0.2) is 22.5 Å². The van der Waals surface area contributed by atoms with Crippen LogP contribution in [0.25, 0.3) is 11.0 Å². The third kappa shape index (κ3) is 1.10. The average Bonchev–Trinajstić information content (AvgIpc) is 2.51. The Morgan fingerprint density at radius 3 is 3.00 bits per heavy atom. The summed E-state index contributed by atoms with van der Waals surface area (Å²) in [7, 11) is 1.56. The van der Waals surface area contributed by atoms with Gasteiger partial charge in [0.2, 0.25) is 0 Å². The van der Waals surface area contributed by atoms with Crippen LogP contribution in [0.3, 0.4) is 0 Å². The van der Waals surface area contributed by atoms with Gasteiger partial charge in [-0.3, -0.25) is 10.3 Å². The Hall–Kier alpha value is -1.62. The Kier molecular flexibility index (Phi) is 1.64. The number of aromatic nitrogens is 3. The second-order valence-electron chi connectivity index (χ2n) is 2.33. The minimum Gasteiger partial charge on any atom is -0.279 e. The zero-order valence-electron chi connectivity index (χ0n) is 6.53. The summed E-state index contributed by atoms with van der Waals surface area (Å²) < 4.78 is 0. The number of rotatable bonds is 2. The number of anilines is 1. The quantitative estimate of drug-likeness (QED) is 0.648. The lowest BCUT2D eigenvalue weighted by Gasteiger charge is -2.00. The van der Waals surface area contributed by atoms with Crippen LogP contribution in [0.4, 0.5) is 5.69 Å². The number of hydrogen-bond donors (Lipinski definition) is 2. The first-order valence-corrected chi connectivity index (χ1v) is 3.49. The topological polar surface area (TPSA) is 62.8 Å². The van der Waals surface area contributed by atoms with E-state index in [0.29, 0.717) is 0 Å². The lowest BCUT2D eigenvalue weighted by Crippen LogP contribution is -1.94. The number of H-pyrrole nitrogens is 1. The zero-order valence-corrected chi connectivity index (χ0v) is 6.53. The molecule has 12 heavy (non-hydrogen) atoms. The molecule has 1 aromatic heterocycles. The third-order valence-electron chi connectivity index (χ3n) is 1.54. The highest BCUT2D eigenvalue weighted by Crippen LogP contribution is 2.14. The number of nitrogens with one attached hydrogen (secondary N) is 2. The molecule has 1 aromatic carbocycles. The molecule has 0 aliphatic heterocycles. The standard InChI is InChI=1S/C7H8N4O/c1-12-10-5-2-3-6-7(4-5)9-11-8-6/h2-4,10H,1H3,(H,8,9,11). The molecule has 0 aliphatic rings. The van der Waals surface area contributed by atoms with E-state index in [9.17, 15) is 0 Å². The number of hydrogen-bond acceptors (Lipinski definition) is 4. The van der Waals surface area contributed by atoms with Crippen LogP contribution in [0.2, 0.25) is 0 Å². The van der Waals surface area contributed by atoms with Crippen molar-refractivity contribution in [2.24, 2.45) is 0 Å². The molecular formula is C7H8N4O. The second kappa shape index (κ2) is 2.78. The van der Waals surface area contributed by atoms with E-state index in [1.807, 2.05) is 18.2 Å². The molecule has 0 spiro atoms. The van der Waals surface area contributed by atoms with E-state index in [-0.39, 0.29) is 0 Å². The average molecular weight is 164 g/mol. The molecule has 0 fully saturated rings. The molecule has 1 heterocycles. The molecule has 0 saturated heterocycles. The van der Waals surface area contributed by atoms with Gasteiger partial charge in [-0.25, -0.2) is 0 Å². The van der Waals surface area contributed by atoms with Crippen molar-refractivity contribution in [3.63, 3.8) is 0 Å². The fourth-order valence-corrected chi connectivity index (χ4v) is 1.02. The van der Waals surface area contributed by atoms with E-state index in [1.165, 1.54) is 0 Å². The highest BCUT2D eigenvalue weighted by Gasteiger charge is 1.97. The van der Waals surface area contributed by atoms with E-state index < -0.39 is 0 Å². The van der Waals surface area contributed by atoms with Crippen molar-refractivity contribution in [1.29, 1.82) is 0 Å². The van der Waals surface area contributed by atoms with Crippen molar-refractivity contribution in [3.05, 3.63) is 18.2 Å². The van der Waals surface area contributed by atoms with Gasteiger partial charge in [-0.1, -0.05) is 0 Å². The molecule has 0 unspecified atom stereocenters. The first kappa shape index (κ1) is 7.05. The van der Waals surface area contributed by atoms with Gasteiger partial charge in [-0.05, 0) is 18.2 Å². The van der Waals surface area contributed by atoms with Crippen LogP contribution in [0, 0.1) is 0 Å². The van der Waals surface area contributed by atoms with E-state index in [0.717, 1.165) is 16.7 Å². The van der Waals surface area contributed by atoms with Crippen molar-refractivity contribution in [3.8, 4) is 0 Å². The van der Waals surface area contributed by atoms with Crippen LogP contribution >= 0.6 is 0 Å². The highest BCUT2D eigenvalue weighted by molar-refractivity contribution is 5.77. The predicted octanol–water partition coefficient (Wildman–Crippen LogP) is 0.931. The molecule has 2 rings (SSSR count). The molecule has 2 aromatic rings. The van der Waals surface area contributed by atoms with E-state index in [4.69, 9.17) is 4.84 Å². The SMILES string of the molecule is CONc1ccc2n[nH]nc2c1.